The van der Waals surface area contributed by atoms with E-state index in [0.29, 0.717) is 31.7 Å². The third-order valence-electron chi connectivity index (χ3n) is 4.08. The highest BCUT2D eigenvalue weighted by atomic mass is 16.5. The van der Waals surface area contributed by atoms with E-state index in [-0.39, 0.29) is 6.03 Å². The molecule has 1 N–H and O–H groups in total. The van der Waals surface area contributed by atoms with Gasteiger partial charge in [-0.1, -0.05) is 6.08 Å². The largest absolute Gasteiger partial charge is 0.376 e. The lowest BCUT2D eigenvalue weighted by Gasteiger charge is -2.36. The van der Waals surface area contributed by atoms with Crippen LogP contribution in [0.2, 0.25) is 0 Å². The van der Waals surface area contributed by atoms with Crippen molar-refractivity contribution in [3.05, 3.63) is 12.7 Å². The Morgan fingerprint density at radius 2 is 2.26 bits per heavy atom. The van der Waals surface area contributed by atoms with Crippen LogP contribution in [0.5, 0.6) is 0 Å². The molecule has 5 nitrogen and oxygen atoms in total. The predicted molar refractivity (Wildman–Crippen MR) is 75.1 cm³/mol. The summed E-state index contributed by atoms with van der Waals surface area (Å²) >= 11 is 0. The van der Waals surface area contributed by atoms with Crippen LogP contribution < -0.4 is 5.32 Å². The van der Waals surface area contributed by atoms with Gasteiger partial charge in [-0.15, -0.1) is 6.58 Å². The van der Waals surface area contributed by atoms with Crippen LogP contribution in [0.3, 0.4) is 0 Å². The van der Waals surface area contributed by atoms with E-state index in [1.165, 1.54) is 6.42 Å². The number of fused-ring (bicyclic) bond motifs is 1. The normalized spacial score (nSPS) is 27.1. The van der Waals surface area contributed by atoms with Gasteiger partial charge in [0, 0.05) is 25.7 Å². The molecule has 108 valence electrons. The number of hydrogen-bond acceptors (Lipinski definition) is 3. The first kappa shape index (κ1) is 14.3. The fraction of sp³-hybridized carbons (Fsp3) is 0.786. The molecule has 2 rings (SSSR count). The number of likely N-dealkylation sites (N-methyl/N-ethyl adjacent to an activating group) is 1. The predicted octanol–water partition coefficient (Wildman–Crippen LogP) is 0.925. The number of nitrogens with zero attached hydrogens (tertiary/aromatic N) is 2. The molecule has 2 aliphatic rings. The minimum absolute atomic E-state index is 0.0602. The average molecular weight is 267 g/mol. The molecule has 5 heteroatoms. The van der Waals surface area contributed by atoms with Gasteiger partial charge >= 0.3 is 6.03 Å². The van der Waals surface area contributed by atoms with E-state index in [9.17, 15) is 4.79 Å². The van der Waals surface area contributed by atoms with Gasteiger partial charge in [0.05, 0.1) is 13.2 Å². The summed E-state index contributed by atoms with van der Waals surface area (Å²) in [7, 11) is 2.13. The molecule has 0 aromatic carbocycles. The van der Waals surface area contributed by atoms with Gasteiger partial charge in [0.2, 0.25) is 0 Å². The molecule has 0 aliphatic carbocycles. The molecule has 0 spiro atoms. The number of rotatable bonds is 5. The number of ether oxygens (including phenoxy) is 1. The van der Waals surface area contributed by atoms with Crippen molar-refractivity contribution in [2.75, 3.05) is 46.4 Å². The van der Waals surface area contributed by atoms with Gasteiger partial charge in [0.1, 0.15) is 0 Å². The Morgan fingerprint density at radius 3 is 3.05 bits per heavy atom. The maximum atomic E-state index is 12.2. The number of carbonyl (C=O) groups is 1. The van der Waals surface area contributed by atoms with Gasteiger partial charge in [0.15, 0.2) is 0 Å². The minimum Gasteiger partial charge on any atom is -0.376 e. The first-order valence-electron chi connectivity index (χ1n) is 7.14. The molecule has 2 heterocycles. The molecule has 2 saturated heterocycles. The number of amides is 2. The number of carbonyl (C=O) groups excluding carboxylic acids is 1. The van der Waals surface area contributed by atoms with Crippen LogP contribution in [-0.2, 0) is 4.74 Å². The third-order valence-corrected chi connectivity index (χ3v) is 4.08. The van der Waals surface area contributed by atoms with Crippen LogP contribution in [0.4, 0.5) is 4.79 Å². The number of urea groups is 1. The maximum absolute atomic E-state index is 12.2. The summed E-state index contributed by atoms with van der Waals surface area (Å²) in [5.41, 5.74) is 0. The van der Waals surface area contributed by atoms with E-state index in [1.54, 1.807) is 6.08 Å². The number of likely N-dealkylation sites (tertiary alicyclic amines) is 2. The average Bonchev–Trinajstić information content (AvgIpc) is 2.81. The van der Waals surface area contributed by atoms with Crippen LogP contribution in [0.1, 0.15) is 12.8 Å². The van der Waals surface area contributed by atoms with E-state index < -0.39 is 0 Å². The Labute approximate surface area is 115 Å². The SMILES string of the molecule is C=CCOCCNC(=O)N1CC[C@H]2CCN(C)C[C@H]21. The lowest BCUT2D eigenvalue weighted by Crippen LogP contribution is -2.51. The summed E-state index contributed by atoms with van der Waals surface area (Å²) in [5, 5.41) is 2.94. The highest BCUT2D eigenvalue weighted by Crippen LogP contribution is 2.30. The van der Waals surface area contributed by atoms with Gasteiger partial charge in [-0.3, -0.25) is 0 Å². The van der Waals surface area contributed by atoms with Crippen molar-refractivity contribution in [1.82, 2.24) is 15.1 Å². The second-order valence-corrected chi connectivity index (χ2v) is 5.46. The van der Waals surface area contributed by atoms with Crippen molar-refractivity contribution >= 4 is 6.03 Å². The molecular formula is C14H25N3O2. The van der Waals surface area contributed by atoms with Crippen LogP contribution in [0.15, 0.2) is 12.7 Å². The first-order valence-corrected chi connectivity index (χ1v) is 7.14. The van der Waals surface area contributed by atoms with Crippen LogP contribution in [-0.4, -0.2) is 68.3 Å². The van der Waals surface area contributed by atoms with Gasteiger partial charge in [0.25, 0.3) is 0 Å². The molecular weight excluding hydrogens is 242 g/mol. The Kier molecular flexibility index (Phi) is 5.22. The standard InChI is InChI=1S/C14H25N3O2/c1-3-9-19-10-6-15-14(18)17-8-5-12-4-7-16(2)11-13(12)17/h3,12-13H,1,4-11H2,2H3,(H,15,18)/t12-,13-/m1/s1. The number of piperidine rings is 1. The molecule has 2 amide bonds. The highest BCUT2D eigenvalue weighted by Gasteiger charge is 2.39. The summed E-state index contributed by atoms with van der Waals surface area (Å²) in [4.78, 5) is 16.5. The lowest BCUT2D eigenvalue weighted by molar-refractivity contribution is 0.126. The quantitative estimate of drug-likeness (QED) is 0.595. The fourth-order valence-corrected chi connectivity index (χ4v) is 3.05. The van der Waals surface area contributed by atoms with Gasteiger partial charge < -0.3 is 19.9 Å². The smallest absolute Gasteiger partial charge is 0.317 e. The Balaban J connectivity index is 1.74. The Morgan fingerprint density at radius 1 is 1.47 bits per heavy atom. The van der Waals surface area contributed by atoms with Crippen LogP contribution in [0, 0.1) is 5.92 Å². The molecule has 19 heavy (non-hydrogen) atoms. The third kappa shape index (κ3) is 3.70. The number of hydrogen-bond donors (Lipinski definition) is 1. The summed E-state index contributed by atoms with van der Waals surface area (Å²) in [6.07, 6.45) is 4.08. The molecule has 0 radical (unpaired) electrons. The second kappa shape index (κ2) is 6.91. The summed E-state index contributed by atoms with van der Waals surface area (Å²) < 4.78 is 5.26. The van der Waals surface area contributed by atoms with Crippen LogP contribution in [0.25, 0.3) is 0 Å². The summed E-state index contributed by atoms with van der Waals surface area (Å²) in [5.74, 6) is 0.693. The minimum atomic E-state index is 0.0602. The topological polar surface area (TPSA) is 44.8 Å². The van der Waals surface area contributed by atoms with E-state index in [2.05, 4.69) is 23.8 Å². The van der Waals surface area contributed by atoms with E-state index in [0.717, 1.165) is 26.1 Å². The highest BCUT2D eigenvalue weighted by molar-refractivity contribution is 5.75. The Hall–Kier alpha value is -1.07. The summed E-state index contributed by atoms with van der Waals surface area (Å²) in [6, 6.07) is 0.456. The Bertz CT molecular complexity index is 322. The number of nitrogens with one attached hydrogen (secondary N) is 1. The zero-order chi connectivity index (χ0) is 13.7. The molecule has 0 bridgehead atoms. The zero-order valence-corrected chi connectivity index (χ0v) is 11.8. The second-order valence-electron chi connectivity index (χ2n) is 5.46. The first-order chi connectivity index (χ1) is 9.22. The fourth-order valence-electron chi connectivity index (χ4n) is 3.05. The molecule has 0 aromatic heterocycles. The van der Waals surface area contributed by atoms with Crippen molar-refractivity contribution < 1.29 is 9.53 Å². The molecule has 2 fully saturated rings. The van der Waals surface area contributed by atoms with Crippen molar-refractivity contribution in [2.45, 2.75) is 18.9 Å². The van der Waals surface area contributed by atoms with E-state index in [1.807, 2.05) is 4.90 Å². The van der Waals surface area contributed by atoms with Crippen molar-refractivity contribution in [1.29, 1.82) is 0 Å². The van der Waals surface area contributed by atoms with E-state index in [4.69, 9.17) is 4.74 Å². The zero-order valence-electron chi connectivity index (χ0n) is 11.8. The van der Waals surface area contributed by atoms with Gasteiger partial charge in [-0.25, -0.2) is 4.79 Å². The van der Waals surface area contributed by atoms with Gasteiger partial charge in [-0.05, 0) is 32.4 Å². The van der Waals surface area contributed by atoms with Crippen LogP contribution >= 0.6 is 0 Å². The molecule has 0 saturated carbocycles. The van der Waals surface area contributed by atoms with E-state index >= 15 is 0 Å². The van der Waals surface area contributed by atoms with Crippen molar-refractivity contribution in [3.8, 4) is 0 Å². The molecule has 2 atom stereocenters. The summed E-state index contributed by atoms with van der Waals surface area (Å²) in [6.45, 7) is 8.28. The van der Waals surface area contributed by atoms with Crippen molar-refractivity contribution in [3.63, 3.8) is 0 Å². The lowest BCUT2D eigenvalue weighted by atomic mass is 9.92. The monoisotopic (exact) mass is 267 g/mol. The molecule has 0 aromatic rings. The molecule has 0 unspecified atom stereocenters. The van der Waals surface area contributed by atoms with Crippen molar-refractivity contribution in [2.24, 2.45) is 5.92 Å². The maximum Gasteiger partial charge on any atom is 0.317 e. The van der Waals surface area contributed by atoms with Gasteiger partial charge in [-0.2, -0.15) is 0 Å². The molecule has 2 aliphatic heterocycles.